The van der Waals surface area contributed by atoms with Crippen molar-refractivity contribution in [2.45, 2.75) is 33.6 Å². The molecule has 1 aromatic heterocycles. The summed E-state index contributed by atoms with van der Waals surface area (Å²) in [6.45, 7) is 6.47. The van der Waals surface area contributed by atoms with Crippen molar-refractivity contribution in [2.75, 3.05) is 6.54 Å². The molecule has 0 aliphatic heterocycles. The van der Waals surface area contributed by atoms with Crippen LogP contribution in [0.2, 0.25) is 0 Å². The Balaban J connectivity index is 2.12. The first-order valence-corrected chi connectivity index (χ1v) is 7.03. The number of nitrogens with one attached hydrogen (secondary N) is 2. The third kappa shape index (κ3) is 3.73. The smallest absolute Gasteiger partial charge is 0.216 e. The van der Waals surface area contributed by atoms with Gasteiger partial charge in [0.1, 0.15) is 0 Å². The van der Waals surface area contributed by atoms with Crippen LogP contribution < -0.4 is 5.32 Å². The van der Waals surface area contributed by atoms with Gasteiger partial charge in [0.15, 0.2) is 0 Å². The van der Waals surface area contributed by atoms with Crippen LogP contribution in [0.25, 0.3) is 10.9 Å². The number of rotatable bonds is 5. The minimum Gasteiger partial charge on any atom is -0.361 e. The second-order valence-electron chi connectivity index (χ2n) is 5.41. The van der Waals surface area contributed by atoms with Gasteiger partial charge in [-0.1, -0.05) is 23.8 Å². The van der Waals surface area contributed by atoms with Crippen LogP contribution >= 0.6 is 0 Å². The highest BCUT2D eigenvalue weighted by Gasteiger charge is 2.04. The second kappa shape index (κ2) is 6.42. The van der Waals surface area contributed by atoms with Crippen LogP contribution in [0, 0.1) is 0 Å². The number of allylic oxidation sites excluding steroid dienone is 2. The monoisotopic (exact) mass is 270 g/mol. The first-order valence-electron chi connectivity index (χ1n) is 7.03. The van der Waals surface area contributed by atoms with Gasteiger partial charge in [-0.15, -0.1) is 0 Å². The maximum absolute atomic E-state index is 10.9. The summed E-state index contributed by atoms with van der Waals surface area (Å²) >= 11 is 0. The summed E-state index contributed by atoms with van der Waals surface area (Å²) in [5, 5.41) is 4.08. The SMILES string of the molecule is CC(=O)NCCc1c[nH]c2cc(CC=C(C)C)ccc12. The number of H-pyrrole nitrogens is 1. The molecule has 0 radical (unpaired) electrons. The van der Waals surface area contributed by atoms with Crippen LogP contribution in [-0.4, -0.2) is 17.4 Å². The number of fused-ring (bicyclic) bond motifs is 1. The average Bonchev–Trinajstić information content (AvgIpc) is 2.79. The van der Waals surface area contributed by atoms with Crippen LogP contribution in [0.3, 0.4) is 0 Å². The molecule has 1 heterocycles. The Labute approximate surface area is 120 Å². The van der Waals surface area contributed by atoms with E-state index < -0.39 is 0 Å². The minimum atomic E-state index is 0.0221. The van der Waals surface area contributed by atoms with Gasteiger partial charge in [0.2, 0.25) is 5.91 Å². The zero-order chi connectivity index (χ0) is 14.5. The first-order chi connectivity index (χ1) is 9.56. The molecule has 106 valence electrons. The number of aromatic nitrogens is 1. The van der Waals surface area contributed by atoms with Crippen molar-refractivity contribution < 1.29 is 4.79 Å². The molecule has 2 N–H and O–H groups in total. The third-order valence-corrected chi connectivity index (χ3v) is 3.35. The molecule has 2 rings (SSSR count). The van der Waals surface area contributed by atoms with Gasteiger partial charge in [0.05, 0.1) is 0 Å². The Bertz CT molecular complexity index is 633. The van der Waals surface area contributed by atoms with Crippen molar-refractivity contribution >= 4 is 16.8 Å². The first kappa shape index (κ1) is 14.4. The maximum atomic E-state index is 10.9. The van der Waals surface area contributed by atoms with Crippen LogP contribution in [0.1, 0.15) is 31.9 Å². The summed E-state index contributed by atoms with van der Waals surface area (Å²) in [6.07, 6.45) is 6.10. The Hall–Kier alpha value is -2.03. The minimum absolute atomic E-state index is 0.0221. The van der Waals surface area contributed by atoms with E-state index >= 15 is 0 Å². The number of carbonyl (C=O) groups is 1. The van der Waals surface area contributed by atoms with E-state index in [1.54, 1.807) is 6.92 Å². The Kier molecular flexibility index (Phi) is 4.61. The quantitative estimate of drug-likeness (QED) is 0.804. The van der Waals surface area contributed by atoms with Crippen molar-refractivity contribution in [2.24, 2.45) is 0 Å². The van der Waals surface area contributed by atoms with E-state index in [4.69, 9.17) is 0 Å². The molecule has 0 aliphatic rings. The lowest BCUT2D eigenvalue weighted by atomic mass is 10.1. The molecule has 0 saturated carbocycles. The summed E-state index contributed by atoms with van der Waals surface area (Å²) in [7, 11) is 0. The zero-order valence-electron chi connectivity index (χ0n) is 12.4. The lowest BCUT2D eigenvalue weighted by molar-refractivity contribution is -0.118. The van der Waals surface area contributed by atoms with Gasteiger partial charge in [-0.25, -0.2) is 0 Å². The number of benzene rings is 1. The lowest BCUT2D eigenvalue weighted by Gasteiger charge is -2.02. The predicted octanol–water partition coefficient (Wildman–Crippen LogP) is 3.36. The molecule has 0 fully saturated rings. The molecule has 3 nitrogen and oxygen atoms in total. The molecule has 0 saturated heterocycles. The molecule has 20 heavy (non-hydrogen) atoms. The van der Waals surface area contributed by atoms with E-state index in [-0.39, 0.29) is 5.91 Å². The Morgan fingerprint density at radius 1 is 1.30 bits per heavy atom. The summed E-state index contributed by atoms with van der Waals surface area (Å²) in [5.74, 6) is 0.0221. The molecular weight excluding hydrogens is 248 g/mol. The predicted molar refractivity (Wildman–Crippen MR) is 83.8 cm³/mol. The van der Waals surface area contributed by atoms with Gasteiger partial charge < -0.3 is 10.3 Å². The highest BCUT2D eigenvalue weighted by Crippen LogP contribution is 2.20. The molecule has 0 unspecified atom stereocenters. The number of aromatic amines is 1. The van der Waals surface area contributed by atoms with E-state index in [0.717, 1.165) is 12.8 Å². The normalized spacial score (nSPS) is 10.6. The van der Waals surface area contributed by atoms with E-state index in [0.29, 0.717) is 6.54 Å². The number of hydrogen-bond donors (Lipinski definition) is 2. The number of hydrogen-bond acceptors (Lipinski definition) is 1. The Morgan fingerprint density at radius 2 is 2.10 bits per heavy atom. The van der Waals surface area contributed by atoms with Crippen molar-refractivity contribution in [3.63, 3.8) is 0 Å². The molecule has 0 aliphatic carbocycles. The summed E-state index contributed by atoms with van der Waals surface area (Å²) in [5.41, 5.74) is 5.08. The molecule has 0 bridgehead atoms. The summed E-state index contributed by atoms with van der Waals surface area (Å²) in [6, 6.07) is 6.55. The van der Waals surface area contributed by atoms with E-state index in [1.807, 2.05) is 6.20 Å². The molecular formula is C17H22N2O. The fourth-order valence-corrected chi connectivity index (χ4v) is 2.26. The molecule has 3 heteroatoms. The Morgan fingerprint density at radius 3 is 2.80 bits per heavy atom. The second-order valence-corrected chi connectivity index (χ2v) is 5.41. The molecule has 0 spiro atoms. The maximum Gasteiger partial charge on any atom is 0.216 e. The van der Waals surface area contributed by atoms with Gasteiger partial charge >= 0.3 is 0 Å². The van der Waals surface area contributed by atoms with Crippen molar-refractivity contribution in [1.82, 2.24) is 10.3 Å². The topological polar surface area (TPSA) is 44.9 Å². The van der Waals surface area contributed by atoms with E-state index in [1.165, 1.54) is 27.6 Å². The van der Waals surface area contributed by atoms with Crippen LogP contribution in [-0.2, 0) is 17.6 Å². The fraction of sp³-hybridized carbons (Fsp3) is 0.353. The van der Waals surface area contributed by atoms with Gasteiger partial charge in [-0.3, -0.25) is 4.79 Å². The van der Waals surface area contributed by atoms with E-state index in [2.05, 4.69) is 48.4 Å². The largest absolute Gasteiger partial charge is 0.361 e. The number of carbonyl (C=O) groups excluding carboxylic acids is 1. The van der Waals surface area contributed by atoms with Crippen molar-refractivity contribution in [3.8, 4) is 0 Å². The van der Waals surface area contributed by atoms with Gasteiger partial charge in [0.25, 0.3) is 0 Å². The van der Waals surface area contributed by atoms with Crippen LogP contribution in [0.4, 0.5) is 0 Å². The van der Waals surface area contributed by atoms with Crippen molar-refractivity contribution in [3.05, 3.63) is 47.2 Å². The zero-order valence-corrected chi connectivity index (χ0v) is 12.4. The average molecular weight is 270 g/mol. The van der Waals surface area contributed by atoms with E-state index in [9.17, 15) is 4.79 Å². The standard InChI is InChI=1S/C17H22N2O/c1-12(2)4-5-14-6-7-16-15(8-9-18-13(3)20)11-19-17(16)10-14/h4,6-7,10-11,19H,5,8-9H2,1-3H3,(H,18,20). The summed E-state index contributed by atoms with van der Waals surface area (Å²) < 4.78 is 0. The van der Waals surface area contributed by atoms with Crippen LogP contribution in [0.5, 0.6) is 0 Å². The van der Waals surface area contributed by atoms with Crippen LogP contribution in [0.15, 0.2) is 36.0 Å². The third-order valence-electron chi connectivity index (χ3n) is 3.35. The fourth-order valence-electron chi connectivity index (χ4n) is 2.26. The lowest BCUT2D eigenvalue weighted by Crippen LogP contribution is -2.22. The molecule has 1 aromatic carbocycles. The van der Waals surface area contributed by atoms with Gasteiger partial charge in [0, 0.05) is 30.6 Å². The van der Waals surface area contributed by atoms with Gasteiger partial charge in [-0.05, 0) is 43.9 Å². The molecule has 1 amide bonds. The highest BCUT2D eigenvalue weighted by molar-refractivity contribution is 5.84. The summed E-state index contributed by atoms with van der Waals surface area (Å²) in [4.78, 5) is 14.2. The molecule has 0 atom stereocenters. The van der Waals surface area contributed by atoms with Gasteiger partial charge in [-0.2, -0.15) is 0 Å². The van der Waals surface area contributed by atoms with Crippen molar-refractivity contribution in [1.29, 1.82) is 0 Å². The molecule has 2 aromatic rings. The number of amides is 1. The highest BCUT2D eigenvalue weighted by atomic mass is 16.1.